The number of amides is 5. The highest BCUT2D eigenvalue weighted by Gasteiger charge is 2.45. The Morgan fingerprint density at radius 3 is 2.07 bits per heavy atom. The number of hydrogen-bond donors (Lipinski definition) is 3. The van der Waals surface area contributed by atoms with Gasteiger partial charge in [-0.1, -0.05) is 98.1 Å². The molecule has 58 heavy (non-hydrogen) atoms. The Labute approximate surface area is 345 Å². The number of carbonyl (C=O) groups is 7. The van der Waals surface area contributed by atoms with Crippen LogP contribution in [0.3, 0.4) is 0 Å². The summed E-state index contributed by atoms with van der Waals surface area (Å²) < 4.78 is 12.1. The van der Waals surface area contributed by atoms with Crippen molar-refractivity contribution in [3.63, 3.8) is 0 Å². The van der Waals surface area contributed by atoms with Gasteiger partial charge in [0.2, 0.25) is 23.6 Å². The Balaban J connectivity index is 2.16. The molecular weight excluding hydrogens is 743 g/mol. The zero-order valence-electron chi connectivity index (χ0n) is 36.4. The van der Waals surface area contributed by atoms with Crippen molar-refractivity contribution in [3.05, 3.63) is 35.9 Å². The fourth-order valence-electron chi connectivity index (χ4n) is 7.44. The number of nitrogens with one attached hydrogen (secondary N) is 3. The molecule has 3 rings (SSSR count). The highest BCUT2D eigenvalue weighted by atomic mass is 16.6. The van der Waals surface area contributed by atoms with E-state index >= 15 is 0 Å². The Kier molecular flexibility index (Phi) is 18.2. The van der Waals surface area contributed by atoms with E-state index in [2.05, 4.69) is 16.0 Å². The maximum absolute atomic E-state index is 14.5. The predicted octanol–water partition coefficient (Wildman–Crippen LogP) is 4.32. The SMILES string of the molecule is CCCCC[C@@H]1OC(=O)CNC(=O)[C@H]([C@@H](C)CC)NC(=O)[C@@H]2CCCN2C(=O)[C@H]([C@@H](C)CC)OC(=O)[C@H](Cc2ccccc2)N(C)C(=O)[C@H](C(C)C)NC(=O)C1(C)C. The summed E-state index contributed by atoms with van der Waals surface area (Å²) in [4.78, 5) is 101. The van der Waals surface area contributed by atoms with E-state index in [9.17, 15) is 33.6 Å². The van der Waals surface area contributed by atoms with Crippen LogP contribution in [0.15, 0.2) is 30.3 Å². The van der Waals surface area contributed by atoms with Crippen LogP contribution in [0.1, 0.15) is 119 Å². The van der Waals surface area contributed by atoms with Crippen LogP contribution in [-0.4, -0.2) is 108 Å². The zero-order valence-corrected chi connectivity index (χ0v) is 36.4. The maximum atomic E-state index is 14.5. The number of ether oxygens (including phenoxy) is 2. The van der Waals surface area contributed by atoms with Crippen LogP contribution in [0.2, 0.25) is 0 Å². The molecule has 0 bridgehead atoms. The lowest BCUT2D eigenvalue weighted by atomic mass is 9.82. The van der Waals surface area contributed by atoms with E-state index in [0.29, 0.717) is 38.5 Å². The molecule has 0 radical (unpaired) electrons. The summed E-state index contributed by atoms with van der Waals surface area (Å²) in [6, 6.07) is 4.92. The Bertz CT molecular complexity index is 1580. The summed E-state index contributed by atoms with van der Waals surface area (Å²) in [5.74, 6) is -5.47. The molecule has 2 heterocycles. The lowest BCUT2D eigenvalue weighted by Gasteiger charge is -2.37. The number of unbranched alkanes of at least 4 members (excludes halogenated alkanes) is 2. The zero-order chi connectivity index (χ0) is 43.3. The third-order valence-corrected chi connectivity index (χ3v) is 12.0. The number of esters is 2. The molecule has 0 aromatic heterocycles. The van der Waals surface area contributed by atoms with Gasteiger partial charge in [-0.25, -0.2) is 4.79 Å². The summed E-state index contributed by atoms with van der Waals surface area (Å²) in [5.41, 5.74) is -0.570. The number of benzene rings is 1. The number of cyclic esters (lactones) is 2. The fourth-order valence-corrected chi connectivity index (χ4v) is 7.44. The van der Waals surface area contributed by atoms with Crippen LogP contribution < -0.4 is 16.0 Å². The van der Waals surface area contributed by atoms with Gasteiger partial charge in [-0.3, -0.25) is 28.8 Å². The van der Waals surface area contributed by atoms with Crippen molar-refractivity contribution < 1.29 is 43.0 Å². The molecule has 2 fully saturated rings. The van der Waals surface area contributed by atoms with Gasteiger partial charge in [0, 0.05) is 25.9 Å². The first-order chi connectivity index (χ1) is 27.4. The Hall–Kier alpha value is -4.49. The first-order valence-corrected chi connectivity index (χ1v) is 21.3. The molecule has 2 aliphatic heterocycles. The van der Waals surface area contributed by atoms with Crippen molar-refractivity contribution in [1.29, 1.82) is 0 Å². The third kappa shape index (κ3) is 12.3. The molecule has 5 amide bonds. The maximum Gasteiger partial charge on any atom is 0.329 e. The van der Waals surface area contributed by atoms with Gasteiger partial charge < -0.3 is 35.2 Å². The van der Waals surface area contributed by atoms with Gasteiger partial charge in [0.1, 0.15) is 36.8 Å². The Morgan fingerprint density at radius 1 is 0.810 bits per heavy atom. The highest BCUT2D eigenvalue weighted by Crippen LogP contribution is 2.30. The van der Waals surface area contributed by atoms with Crippen LogP contribution in [0.25, 0.3) is 0 Å². The van der Waals surface area contributed by atoms with Crippen molar-refractivity contribution in [2.24, 2.45) is 23.2 Å². The normalized spacial score (nSPS) is 27.0. The van der Waals surface area contributed by atoms with Gasteiger partial charge in [-0.05, 0) is 63.4 Å². The number of nitrogens with zero attached hydrogens (tertiary/aromatic N) is 2. The second-order valence-electron chi connectivity index (χ2n) is 17.1. The predicted molar refractivity (Wildman–Crippen MR) is 220 cm³/mol. The van der Waals surface area contributed by atoms with E-state index < -0.39 is 102 Å². The molecule has 1 aromatic carbocycles. The van der Waals surface area contributed by atoms with Crippen LogP contribution in [0.4, 0.5) is 0 Å². The van der Waals surface area contributed by atoms with Gasteiger partial charge in [0.15, 0.2) is 6.10 Å². The second kappa shape index (κ2) is 22.0. The average Bonchev–Trinajstić information content (AvgIpc) is 3.70. The molecule has 14 nitrogen and oxygen atoms in total. The molecule has 0 spiro atoms. The van der Waals surface area contributed by atoms with Crippen molar-refractivity contribution in [2.45, 2.75) is 156 Å². The van der Waals surface area contributed by atoms with Crippen molar-refractivity contribution in [3.8, 4) is 0 Å². The lowest BCUT2D eigenvalue weighted by molar-refractivity contribution is -0.170. The van der Waals surface area contributed by atoms with E-state index in [1.165, 1.54) is 16.8 Å². The second-order valence-corrected chi connectivity index (χ2v) is 17.1. The van der Waals surface area contributed by atoms with E-state index in [0.717, 1.165) is 18.4 Å². The number of carbonyl (C=O) groups excluding carboxylic acids is 7. The standard InChI is InChI=1S/C44H69N5O9/c1-11-14-16-23-33-44(8,9)43(56)47-35(27(4)5)40(53)48(10)32(25-30-20-17-15-18-21-30)42(55)58-37(29(7)13-3)41(54)49-24-19-22-31(49)38(51)46-36(28(6)12-2)39(52)45-26-34(50)57-33/h15,17-18,20-21,27-29,31-33,35-37H,11-14,16,19,22-26H2,1-10H3,(H,45,52)(H,46,51)(H,47,56)/t28-,29-,31-,32-,33-,35-,36-,37-/m0/s1. The van der Waals surface area contributed by atoms with Gasteiger partial charge in [-0.15, -0.1) is 0 Å². The largest absolute Gasteiger partial charge is 0.460 e. The average molecular weight is 812 g/mol. The van der Waals surface area contributed by atoms with E-state index in [4.69, 9.17) is 9.47 Å². The van der Waals surface area contributed by atoms with Crippen LogP contribution in [0, 0.1) is 23.2 Å². The molecule has 14 heteroatoms. The molecule has 1 aromatic rings. The van der Waals surface area contributed by atoms with E-state index in [-0.39, 0.29) is 18.9 Å². The molecule has 0 aliphatic carbocycles. The smallest absolute Gasteiger partial charge is 0.329 e. The fraction of sp³-hybridized carbons (Fsp3) is 0.705. The summed E-state index contributed by atoms with van der Waals surface area (Å²) in [5, 5.41) is 8.39. The molecule has 0 unspecified atom stereocenters. The summed E-state index contributed by atoms with van der Waals surface area (Å²) >= 11 is 0. The van der Waals surface area contributed by atoms with Crippen molar-refractivity contribution >= 4 is 41.5 Å². The molecule has 8 atom stereocenters. The first kappa shape index (κ1) is 47.9. The summed E-state index contributed by atoms with van der Waals surface area (Å²) in [6.45, 7) is 16.0. The minimum Gasteiger partial charge on any atom is -0.460 e. The lowest BCUT2D eigenvalue weighted by Crippen LogP contribution is -2.59. The van der Waals surface area contributed by atoms with Crippen molar-refractivity contribution in [2.75, 3.05) is 20.1 Å². The van der Waals surface area contributed by atoms with Crippen LogP contribution in [0.5, 0.6) is 0 Å². The summed E-state index contributed by atoms with van der Waals surface area (Å²) in [7, 11) is 1.49. The molecular formula is C44H69N5O9. The number of likely N-dealkylation sites (N-methyl/N-ethyl adjacent to an activating group) is 1. The molecule has 324 valence electrons. The number of fused-ring (bicyclic) bond motifs is 1. The van der Waals surface area contributed by atoms with Gasteiger partial charge in [-0.2, -0.15) is 0 Å². The minimum absolute atomic E-state index is 0.0663. The Morgan fingerprint density at radius 2 is 1.47 bits per heavy atom. The van der Waals surface area contributed by atoms with Crippen LogP contribution in [-0.2, 0) is 49.5 Å². The quantitative estimate of drug-likeness (QED) is 0.217. The van der Waals surface area contributed by atoms with E-state index in [1.807, 2.05) is 58.0 Å². The summed E-state index contributed by atoms with van der Waals surface area (Å²) in [6.07, 6.45) is 2.50. The number of hydrogen-bond acceptors (Lipinski definition) is 9. The monoisotopic (exact) mass is 812 g/mol. The van der Waals surface area contributed by atoms with Gasteiger partial charge >= 0.3 is 11.9 Å². The topological polar surface area (TPSA) is 181 Å². The first-order valence-electron chi connectivity index (χ1n) is 21.3. The van der Waals surface area contributed by atoms with Crippen LogP contribution >= 0.6 is 0 Å². The third-order valence-electron chi connectivity index (χ3n) is 12.0. The van der Waals surface area contributed by atoms with E-state index in [1.54, 1.807) is 34.6 Å². The van der Waals surface area contributed by atoms with Gasteiger partial charge in [0.05, 0.1) is 5.41 Å². The minimum atomic E-state index is -1.32. The molecule has 2 saturated heterocycles. The molecule has 3 N–H and O–H groups in total. The number of rotatable bonds is 11. The highest BCUT2D eigenvalue weighted by molar-refractivity contribution is 5.96. The molecule has 0 saturated carbocycles. The van der Waals surface area contributed by atoms with Gasteiger partial charge in [0.25, 0.3) is 5.91 Å². The molecule has 2 aliphatic rings. The van der Waals surface area contributed by atoms with Crippen molar-refractivity contribution in [1.82, 2.24) is 25.8 Å².